The van der Waals surface area contributed by atoms with Crippen LogP contribution in [-0.2, 0) is 21.2 Å². The summed E-state index contributed by atoms with van der Waals surface area (Å²) < 4.78 is 41.4. The van der Waals surface area contributed by atoms with Gasteiger partial charge in [-0.15, -0.1) is 0 Å². The number of ether oxygens (including phenoxy) is 3. The lowest BCUT2D eigenvalue weighted by atomic mass is 10.1. The molecule has 0 bridgehead atoms. The highest BCUT2D eigenvalue weighted by Gasteiger charge is 2.19. The van der Waals surface area contributed by atoms with Crippen LogP contribution in [0.4, 0.5) is 0 Å². The summed E-state index contributed by atoms with van der Waals surface area (Å²) in [5.74, 6) is 1.22. The van der Waals surface area contributed by atoms with E-state index < -0.39 is 10.0 Å². The number of benzene rings is 2. The number of sulfonamides is 1. The molecule has 0 fully saturated rings. The van der Waals surface area contributed by atoms with Crippen LogP contribution in [0, 0.1) is 0 Å². The second kappa shape index (κ2) is 9.82. The third-order valence-electron chi connectivity index (χ3n) is 4.63. The van der Waals surface area contributed by atoms with Gasteiger partial charge in [0.15, 0.2) is 11.5 Å². The summed E-state index contributed by atoms with van der Waals surface area (Å²) in [7, 11) is 4.02. The van der Waals surface area contributed by atoms with Crippen molar-refractivity contribution in [3.63, 3.8) is 0 Å². The molecule has 0 aliphatic rings. The van der Waals surface area contributed by atoms with E-state index in [1.54, 1.807) is 24.3 Å². The molecule has 1 atom stereocenters. The number of carbonyl (C=O) groups excluding carboxylic acids is 1. The van der Waals surface area contributed by atoms with Crippen molar-refractivity contribution >= 4 is 15.9 Å². The van der Waals surface area contributed by atoms with Crippen LogP contribution in [0.3, 0.4) is 0 Å². The Kier molecular flexibility index (Phi) is 7.69. The molecule has 0 saturated carbocycles. The molecule has 1 unspecified atom stereocenters. The van der Waals surface area contributed by atoms with E-state index in [0.717, 1.165) is 9.87 Å². The molecule has 0 saturated heterocycles. The second-order valence-electron chi connectivity index (χ2n) is 6.86. The van der Waals surface area contributed by atoms with Crippen LogP contribution in [0.5, 0.6) is 17.2 Å². The van der Waals surface area contributed by atoms with Crippen molar-refractivity contribution < 1.29 is 27.4 Å². The van der Waals surface area contributed by atoms with E-state index in [-0.39, 0.29) is 23.3 Å². The zero-order valence-corrected chi connectivity index (χ0v) is 18.9. The predicted octanol–water partition coefficient (Wildman–Crippen LogP) is 2.38. The Morgan fingerprint density at radius 1 is 1.00 bits per heavy atom. The fourth-order valence-electron chi connectivity index (χ4n) is 2.94. The molecule has 0 aliphatic carbocycles. The minimum Gasteiger partial charge on any atom is -0.493 e. The third kappa shape index (κ3) is 5.22. The van der Waals surface area contributed by atoms with Gasteiger partial charge in [0.25, 0.3) is 0 Å². The summed E-state index contributed by atoms with van der Waals surface area (Å²) in [4.78, 5) is 12.7. The summed E-state index contributed by atoms with van der Waals surface area (Å²) in [6, 6.07) is 9.62. The minimum atomic E-state index is -3.49. The van der Waals surface area contributed by atoms with Crippen LogP contribution in [0.2, 0.25) is 0 Å². The molecule has 1 N–H and O–H groups in total. The number of amides is 1. The normalized spacial score (nSPS) is 12.4. The first kappa shape index (κ1) is 23.5. The topological polar surface area (TPSA) is 94.2 Å². The Labute approximate surface area is 177 Å². The average Bonchev–Trinajstić information content (AvgIpc) is 2.72. The van der Waals surface area contributed by atoms with E-state index in [4.69, 9.17) is 14.2 Å². The van der Waals surface area contributed by atoms with Crippen LogP contribution in [0.25, 0.3) is 0 Å². The highest BCUT2D eigenvalue weighted by Crippen LogP contribution is 2.38. The summed E-state index contributed by atoms with van der Waals surface area (Å²) >= 11 is 0. The molecule has 30 heavy (non-hydrogen) atoms. The number of nitrogens with zero attached hydrogens (tertiary/aromatic N) is 1. The van der Waals surface area contributed by atoms with Crippen molar-refractivity contribution in [1.82, 2.24) is 9.62 Å². The van der Waals surface area contributed by atoms with Gasteiger partial charge in [0.2, 0.25) is 21.7 Å². The first-order valence-electron chi connectivity index (χ1n) is 9.24. The van der Waals surface area contributed by atoms with Gasteiger partial charge in [-0.25, -0.2) is 12.7 Å². The molecule has 2 aromatic rings. The van der Waals surface area contributed by atoms with E-state index in [0.29, 0.717) is 22.8 Å². The van der Waals surface area contributed by atoms with Crippen LogP contribution in [0.15, 0.2) is 41.3 Å². The van der Waals surface area contributed by atoms with Crippen LogP contribution in [0.1, 0.15) is 24.1 Å². The maximum Gasteiger partial charge on any atom is 0.242 e. The van der Waals surface area contributed by atoms with Gasteiger partial charge in [0, 0.05) is 14.1 Å². The SMILES string of the molecule is COc1cc(CC(=O)NC(C)c2ccc(S(=O)(=O)N(C)C)cc2)cc(OC)c1OC. The molecular formula is C21H28N2O6S. The van der Waals surface area contributed by atoms with E-state index >= 15 is 0 Å². The molecule has 9 heteroatoms. The number of hydrogen-bond donors (Lipinski definition) is 1. The highest BCUT2D eigenvalue weighted by molar-refractivity contribution is 7.89. The van der Waals surface area contributed by atoms with Gasteiger partial charge in [0.1, 0.15) is 0 Å². The Hall–Kier alpha value is -2.78. The lowest BCUT2D eigenvalue weighted by Crippen LogP contribution is -2.28. The predicted molar refractivity (Wildman–Crippen MR) is 114 cm³/mol. The van der Waals surface area contributed by atoms with Gasteiger partial charge in [-0.3, -0.25) is 4.79 Å². The van der Waals surface area contributed by atoms with Gasteiger partial charge in [-0.2, -0.15) is 0 Å². The quantitative estimate of drug-likeness (QED) is 0.649. The van der Waals surface area contributed by atoms with Crippen molar-refractivity contribution in [2.45, 2.75) is 24.3 Å². The number of nitrogens with one attached hydrogen (secondary N) is 1. The van der Waals surface area contributed by atoms with Crippen molar-refractivity contribution in [3.05, 3.63) is 47.5 Å². The van der Waals surface area contributed by atoms with Crippen molar-refractivity contribution in [2.24, 2.45) is 0 Å². The Morgan fingerprint density at radius 3 is 1.97 bits per heavy atom. The molecule has 1 amide bonds. The number of rotatable bonds is 9. The largest absolute Gasteiger partial charge is 0.493 e. The zero-order chi connectivity index (χ0) is 22.5. The van der Waals surface area contributed by atoms with Crippen LogP contribution in [-0.4, -0.2) is 54.1 Å². The van der Waals surface area contributed by atoms with Crippen molar-refractivity contribution in [3.8, 4) is 17.2 Å². The van der Waals surface area contributed by atoms with Crippen molar-refractivity contribution in [1.29, 1.82) is 0 Å². The monoisotopic (exact) mass is 436 g/mol. The van der Waals surface area contributed by atoms with E-state index in [2.05, 4.69) is 5.32 Å². The molecule has 0 spiro atoms. The molecule has 0 heterocycles. The van der Waals surface area contributed by atoms with Gasteiger partial charge < -0.3 is 19.5 Å². The molecule has 2 rings (SSSR count). The molecule has 8 nitrogen and oxygen atoms in total. The van der Waals surface area contributed by atoms with Gasteiger partial charge in [-0.05, 0) is 42.3 Å². The lowest BCUT2D eigenvalue weighted by molar-refractivity contribution is -0.121. The first-order chi connectivity index (χ1) is 14.1. The first-order valence-corrected chi connectivity index (χ1v) is 10.7. The number of carbonyl (C=O) groups is 1. The maximum absolute atomic E-state index is 12.5. The Bertz CT molecular complexity index is 962. The Morgan fingerprint density at radius 2 is 1.53 bits per heavy atom. The Balaban J connectivity index is 2.11. The molecule has 0 radical (unpaired) electrons. The molecule has 0 aromatic heterocycles. The number of hydrogen-bond acceptors (Lipinski definition) is 6. The van der Waals surface area contributed by atoms with E-state index in [1.165, 1.54) is 47.6 Å². The van der Waals surface area contributed by atoms with E-state index in [9.17, 15) is 13.2 Å². The average molecular weight is 437 g/mol. The van der Waals surface area contributed by atoms with Gasteiger partial charge in [-0.1, -0.05) is 12.1 Å². The van der Waals surface area contributed by atoms with Gasteiger partial charge in [0.05, 0.1) is 38.7 Å². The van der Waals surface area contributed by atoms with Gasteiger partial charge >= 0.3 is 0 Å². The maximum atomic E-state index is 12.5. The zero-order valence-electron chi connectivity index (χ0n) is 18.1. The number of methoxy groups -OCH3 is 3. The molecule has 2 aromatic carbocycles. The minimum absolute atomic E-state index is 0.119. The molecular weight excluding hydrogens is 408 g/mol. The highest BCUT2D eigenvalue weighted by atomic mass is 32.2. The molecule has 164 valence electrons. The summed E-state index contributed by atoms with van der Waals surface area (Å²) in [5.41, 5.74) is 1.51. The smallest absolute Gasteiger partial charge is 0.242 e. The standard InChI is InChI=1S/C21H28N2O6S/c1-14(16-7-9-17(10-8-16)30(25,26)23(2)3)22-20(24)13-15-11-18(27-4)21(29-6)19(12-15)28-5/h7-12,14H,13H2,1-6H3,(H,22,24). The fraction of sp³-hybridized carbons (Fsp3) is 0.381. The van der Waals surface area contributed by atoms with Crippen LogP contribution >= 0.6 is 0 Å². The summed E-state index contributed by atoms with van der Waals surface area (Å²) in [6.07, 6.45) is 0.119. The van der Waals surface area contributed by atoms with E-state index in [1.807, 2.05) is 6.92 Å². The lowest BCUT2D eigenvalue weighted by Gasteiger charge is -2.17. The van der Waals surface area contributed by atoms with Crippen LogP contribution < -0.4 is 19.5 Å². The summed E-state index contributed by atoms with van der Waals surface area (Å²) in [5, 5.41) is 2.92. The third-order valence-corrected chi connectivity index (χ3v) is 6.45. The van der Waals surface area contributed by atoms with Crippen molar-refractivity contribution in [2.75, 3.05) is 35.4 Å². The fourth-order valence-corrected chi connectivity index (χ4v) is 3.84. The molecule has 0 aliphatic heterocycles. The summed E-state index contributed by atoms with van der Waals surface area (Å²) in [6.45, 7) is 1.84. The second-order valence-corrected chi connectivity index (χ2v) is 9.01.